The molecule has 25 heavy (non-hydrogen) atoms. The molecule has 0 atom stereocenters. The number of carbonyl (C=O) groups is 1. The number of carbonyl (C=O) groups excluding carboxylic acids is 1. The Kier molecular flexibility index (Phi) is 6.17. The highest BCUT2D eigenvalue weighted by atomic mass is 16.5. The first kappa shape index (κ1) is 17.6. The number of nitrogens with two attached hydrogens (primary N) is 1. The summed E-state index contributed by atoms with van der Waals surface area (Å²) in [6.45, 7) is 5.38. The van der Waals surface area contributed by atoms with Crippen LogP contribution in [0.5, 0.6) is 0 Å². The van der Waals surface area contributed by atoms with E-state index in [9.17, 15) is 4.79 Å². The lowest BCUT2D eigenvalue weighted by atomic mass is 10.1. The van der Waals surface area contributed by atoms with Gasteiger partial charge in [0.15, 0.2) is 0 Å². The van der Waals surface area contributed by atoms with Gasteiger partial charge in [0, 0.05) is 38.3 Å². The molecule has 0 aromatic heterocycles. The van der Waals surface area contributed by atoms with Crippen LogP contribution in [-0.4, -0.2) is 37.1 Å². The minimum absolute atomic E-state index is 0.0650. The van der Waals surface area contributed by atoms with E-state index in [4.69, 9.17) is 10.5 Å². The highest BCUT2D eigenvalue weighted by Gasteiger charge is 2.13. The maximum Gasteiger partial charge on any atom is 0.251 e. The van der Waals surface area contributed by atoms with Gasteiger partial charge in [-0.15, -0.1) is 0 Å². The zero-order valence-electron chi connectivity index (χ0n) is 14.4. The number of hydrogen-bond donors (Lipinski definition) is 2. The van der Waals surface area contributed by atoms with Gasteiger partial charge < -0.3 is 15.8 Å². The van der Waals surface area contributed by atoms with Gasteiger partial charge in [0.25, 0.3) is 5.91 Å². The molecule has 0 saturated carbocycles. The second kappa shape index (κ2) is 8.76. The molecule has 2 aromatic rings. The molecule has 3 N–H and O–H groups in total. The van der Waals surface area contributed by atoms with Crippen LogP contribution in [0.1, 0.15) is 27.0 Å². The molecule has 0 radical (unpaired) electrons. The quantitative estimate of drug-likeness (QED) is 0.844. The summed E-state index contributed by atoms with van der Waals surface area (Å²) in [6.07, 6.45) is 0. The molecule has 5 nitrogen and oxygen atoms in total. The highest BCUT2D eigenvalue weighted by molar-refractivity contribution is 5.94. The minimum Gasteiger partial charge on any atom is -0.379 e. The van der Waals surface area contributed by atoms with Crippen LogP contribution in [0.15, 0.2) is 48.5 Å². The first-order valence-electron chi connectivity index (χ1n) is 8.70. The number of benzene rings is 2. The van der Waals surface area contributed by atoms with Crippen molar-refractivity contribution in [1.82, 2.24) is 10.2 Å². The number of ether oxygens (including phenoxy) is 1. The Bertz CT molecular complexity index is 694. The molecule has 0 unspecified atom stereocenters. The van der Waals surface area contributed by atoms with Gasteiger partial charge in [-0.05, 0) is 28.8 Å². The van der Waals surface area contributed by atoms with Crippen LogP contribution in [0.3, 0.4) is 0 Å². The van der Waals surface area contributed by atoms with Gasteiger partial charge in [-0.1, -0.05) is 36.4 Å². The van der Waals surface area contributed by atoms with Gasteiger partial charge in [0.05, 0.1) is 13.2 Å². The van der Waals surface area contributed by atoms with Crippen molar-refractivity contribution in [2.75, 3.05) is 26.3 Å². The van der Waals surface area contributed by atoms with Crippen molar-refractivity contribution in [3.05, 3.63) is 70.8 Å². The SMILES string of the molecule is NCc1ccc(C(=O)NCc2ccccc2CN2CCOCC2)cc1. The topological polar surface area (TPSA) is 67.6 Å². The Morgan fingerprint density at radius 2 is 1.72 bits per heavy atom. The number of hydrogen-bond acceptors (Lipinski definition) is 4. The number of nitrogens with zero attached hydrogens (tertiary/aromatic N) is 1. The number of morpholine rings is 1. The summed E-state index contributed by atoms with van der Waals surface area (Å²) in [5.41, 5.74) is 9.67. The molecule has 2 aromatic carbocycles. The Hall–Kier alpha value is -2.21. The Labute approximate surface area is 148 Å². The normalized spacial score (nSPS) is 15.1. The number of nitrogens with one attached hydrogen (secondary N) is 1. The molecule has 5 heteroatoms. The van der Waals surface area contributed by atoms with Crippen LogP contribution in [0.2, 0.25) is 0 Å². The lowest BCUT2D eigenvalue weighted by molar-refractivity contribution is 0.0340. The van der Waals surface area contributed by atoms with Crippen LogP contribution < -0.4 is 11.1 Å². The van der Waals surface area contributed by atoms with Gasteiger partial charge in [0.2, 0.25) is 0 Å². The van der Waals surface area contributed by atoms with Gasteiger partial charge in [-0.3, -0.25) is 9.69 Å². The third kappa shape index (κ3) is 4.89. The molecular formula is C20H25N3O2. The second-order valence-electron chi connectivity index (χ2n) is 6.24. The van der Waals surface area contributed by atoms with E-state index in [1.165, 1.54) is 5.56 Å². The second-order valence-corrected chi connectivity index (χ2v) is 6.24. The maximum absolute atomic E-state index is 12.3. The molecular weight excluding hydrogens is 314 g/mol. The summed E-state index contributed by atoms with van der Waals surface area (Å²) in [7, 11) is 0. The Morgan fingerprint density at radius 1 is 1.04 bits per heavy atom. The Morgan fingerprint density at radius 3 is 2.40 bits per heavy atom. The minimum atomic E-state index is -0.0650. The van der Waals surface area contributed by atoms with Crippen LogP contribution >= 0.6 is 0 Å². The summed E-state index contributed by atoms with van der Waals surface area (Å²) < 4.78 is 5.41. The predicted molar refractivity (Wildman–Crippen MR) is 98.0 cm³/mol. The molecule has 1 saturated heterocycles. The van der Waals surface area contributed by atoms with E-state index in [-0.39, 0.29) is 5.91 Å². The fourth-order valence-corrected chi connectivity index (χ4v) is 2.95. The predicted octanol–water partition coefficient (Wildman–Crippen LogP) is 1.91. The van der Waals surface area contributed by atoms with E-state index < -0.39 is 0 Å². The van der Waals surface area contributed by atoms with Gasteiger partial charge in [-0.2, -0.15) is 0 Å². The number of amides is 1. The van der Waals surface area contributed by atoms with Crippen LogP contribution in [0.25, 0.3) is 0 Å². The molecule has 0 spiro atoms. The molecule has 1 heterocycles. The summed E-state index contributed by atoms with van der Waals surface area (Å²) in [5, 5.41) is 3.02. The zero-order valence-corrected chi connectivity index (χ0v) is 14.4. The van der Waals surface area contributed by atoms with Gasteiger partial charge >= 0.3 is 0 Å². The van der Waals surface area contributed by atoms with Crippen molar-refractivity contribution in [3.63, 3.8) is 0 Å². The average molecular weight is 339 g/mol. The molecule has 0 bridgehead atoms. The van der Waals surface area contributed by atoms with Crippen LogP contribution in [-0.2, 0) is 24.4 Å². The lowest BCUT2D eigenvalue weighted by Crippen LogP contribution is -2.36. The molecule has 1 aliphatic rings. The molecule has 3 rings (SSSR count). The first-order valence-corrected chi connectivity index (χ1v) is 8.70. The van der Waals surface area contributed by atoms with Crippen LogP contribution in [0.4, 0.5) is 0 Å². The zero-order chi connectivity index (χ0) is 17.5. The van der Waals surface area contributed by atoms with E-state index in [0.29, 0.717) is 18.7 Å². The van der Waals surface area contributed by atoms with Crippen LogP contribution in [0, 0.1) is 0 Å². The lowest BCUT2D eigenvalue weighted by Gasteiger charge is -2.27. The van der Waals surface area contributed by atoms with Crippen molar-refractivity contribution in [2.45, 2.75) is 19.6 Å². The largest absolute Gasteiger partial charge is 0.379 e. The molecule has 1 fully saturated rings. The third-order valence-electron chi connectivity index (χ3n) is 4.51. The van der Waals surface area contributed by atoms with Crippen molar-refractivity contribution in [1.29, 1.82) is 0 Å². The molecule has 1 aliphatic heterocycles. The Balaban J connectivity index is 1.61. The number of rotatable bonds is 6. The smallest absolute Gasteiger partial charge is 0.251 e. The summed E-state index contributed by atoms with van der Waals surface area (Å²) in [6, 6.07) is 15.7. The van der Waals surface area contributed by atoms with Crippen molar-refractivity contribution in [2.24, 2.45) is 5.73 Å². The van der Waals surface area contributed by atoms with E-state index >= 15 is 0 Å². The van der Waals surface area contributed by atoms with Crippen molar-refractivity contribution < 1.29 is 9.53 Å². The average Bonchev–Trinajstić information content (AvgIpc) is 2.68. The summed E-state index contributed by atoms with van der Waals surface area (Å²) in [5.74, 6) is -0.0650. The van der Waals surface area contributed by atoms with Gasteiger partial charge in [0.1, 0.15) is 0 Å². The molecule has 0 aliphatic carbocycles. The van der Waals surface area contributed by atoms with Crippen molar-refractivity contribution in [3.8, 4) is 0 Å². The highest BCUT2D eigenvalue weighted by Crippen LogP contribution is 2.13. The summed E-state index contributed by atoms with van der Waals surface area (Å²) in [4.78, 5) is 14.7. The standard InChI is InChI=1S/C20H25N3O2/c21-13-16-5-7-17(8-6-16)20(24)22-14-18-3-1-2-4-19(18)15-23-9-11-25-12-10-23/h1-8H,9-15,21H2,(H,22,24). The molecule has 132 valence electrons. The first-order chi connectivity index (χ1) is 12.3. The fourth-order valence-electron chi connectivity index (χ4n) is 2.95. The summed E-state index contributed by atoms with van der Waals surface area (Å²) >= 11 is 0. The fraction of sp³-hybridized carbons (Fsp3) is 0.350. The van der Waals surface area contributed by atoms with E-state index in [1.54, 1.807) is 0 Å². The van der Waals surface area contributed by atoms with E-state index in [2.05, 4.69) is 22.3 Å². The van der Waals surface area contributed by atoms with Crippen molar-refractivity contribution >= 4 is 5.91 Å². The van der Waals surface area contributed by atoms with E-state index in [0.717, 1.165) is 44.0 Å². The maximum atomic E-state index is 12.3. The molecule has 1 amide bonds. The van der Waals surface area contributed by atoms with Gasteiger partial charge in [-0.25, -0.2) is 0 Å². The monoisotopic (exact) mass is 339 g/mol. The van der Waals surface area contributed by atoms with E-state index in [1.807, 2.05) is 36.4 Å². The third-order valence-corrected chi connectivity index (χ3v) is 4.51.